The van der Waals surface area contributed by atoms with Crippen molar-refractivity contribution in [1.29, 1.82) is 0 Å². The highest BCUT2D eigenvalue weighted by atomic mass is 79.9. The largest absolute Gasteiger partial charge is 0.480 e. The molecular weight excluding hydrogens is 314 g/mol. The van der Waals surface area contributed by atoms with Crippen molar-refractivity contribution >= 4 is 33.2 Å². The summed E-state index contributed by atoms with van der Waals surface area (Å²) in [6, 6.07) is 10.5. The van der Waals surface area contributed by atoms with Crippen LogP contribution in [0.1, 0.15) is 16.5 Å². The van der Waals surface area contributed by atoms with Crippen molar-refractivity contribution in [2.45, 2.75) is 12.6 Å². The molecular formula is C13H12BrNO2S. The number of aliphatic carboxylic acids is 1. The summed E-state index contributed by atoms with van der Waals surface area (Å²) in [5, 5.41) is 14.3. The average molecular weight is 326 g/mol. The summed E-state index contributed by atoms with van der Waals surface area (Å²) in [6.07, 6.45) is 0. The topological polar surface area (TPSA) is 49.3 Å². The first kappa shape index (κ1) is 13.3. The van der Waals surface area contributed by atoms with Gasteiger partial charge in [-0.15, -0.1) is 11.3 Å². The highest BCUT2D eigenvalue weighted by Crippen LogP contribution is 2.23. The third-order valence-electron chi connectivity index (χ3n) is 2.54. The number of halogens is 1. The van der Waals surface area contributed by atoms with E-state index in [1.807, 2.05) is 41.8 Å². The van der Waals surface area contributed by atoms with Gasteiger partial charge in [-0.1, -0.05) is 30.3 Å². The summed E-state index contributed by atoms with van der Waals surface area (Å²) in [5.74, 6) is -0.867. The zero-order valence-electron chi connectivity index (χ0n) is 9.47. The molecule has 0 saturated heterocycles. The molecule has 0 amide bonds. The molecule has 1 aromatic carbocycles. The number of hydrogen-bond acceptors (Lipinski definition) is 3. The van der Waals surface area contributed by atoms with Crippen LogP contribution in [-0.2, 0) is 11.3 Å². The molecule has 0 spiro atoms. The van der Waals surface area contributed by atoms with Crippen molar-refractivity contribution in [3.05, 3.63) is 56.7 Å². The van der Waals surface area contributed by atoms with E-state index in [2.05, 4.69) is 21.2 Å². The van der Waals surface area contributed by atoms with E-state index in [1.165, 1.54) is 0 Å². The molecule has 0 saturated carbocycles. The van der Waals surface area contributed by atoms with Crippen molar-refractivity contribution in [3.63, 3.8) is 0 Å². The first-order valence-electron chi connectivity index (χ1n) is 5.41. The summed E-state index contributed by atoms with van der Waals surface area (Å²) in [5.41, 5.74) is 0.762. The number of rotatable bonds is 5. The molecule has 0 aliphatic carbocycles. The van der Waals surface area contributed by atoms with E-state index in [1.54, 1.807) is 11.3 Å². The minimum absolute atomic E-state index is 0.532. The van der Waals surface area contributed by atoms with Crippen LogP contribution >= 0.6 is 27.3 Å². The van der Waals surface area contributed by atoms with Gasteiger partial charge in [-0.05, 0) is 32.9 Å². The predicted molar refractivity (Wildman–Crippen MR) is 75.7 cm³/mol. The Balaban J connectivity index is 2.09. The first-order chi connectivity index (χ1) is 8.68. The van der Waals surface area contributed by atoms with Gasteiger partial charge in [-0.2, -0.15) is 0 Å². The van der Waals surface area contributed by atoms with Gasteiger partial charge in [-0.25, -0.2) is 0 Å². The quantitative estimate of drug-likeness (QED) is 0.885. The number of carboxylic acids is 1. The molecule has 2 aromatic rings. The summed E-state index contributed by atoms with van der Waals surface area (Å²) in [4.78, 5) is 12.4. The van der Waals surface area contributed by atoms with E-state index >= 15 is 0 Å². The maximum absolute atomic E-state index is 11.3. The van der Waals surface area contributed by atoms with Crippen LogP contribution in [0.2, 0.25) is 0 Å². The van der Waals surface area contributed by atoms with E-state index in [0.29, 0.717) is 6.54 Å². The molecule has 5 heteroatoms. The number of thiophene rings is 1. The molecule has 0 radical (unpaired) electrons. The molecule has 1 aromatic heterocycles. The lowest BCUT2D eigenvalue weighted by Crippen LogP contribution is -2.27. The van der Waals surface area contributed by atoms with Crippen LogP contribution in [0.25, 0.3) is 0 Å². The maximum Gasteiger partial charge on any atom is 0.325 e. The molecule has 2 rings (SSSR count). The van der Waals surface area contributed by atoms with Crippen LogP contribution in [0.4, 0.5) is 0 Å². The minimum atomic E-state index is -0.867. The number of hydrogen-bond donors (Lipinski definition) is 2. The first-order valence-corrected chi connectivity index (χ1v) is 7.09. The molecule has 1 unspecified atom stereocenters. The van der Waals surface area contributed by atoms with Crippen molar-refractivity contribution in [1.82, 2.24) is 5.32 Å². The van der Waals surface area contributed by atoms with Crippen LogP contribution in [0.15, 0.2) is 46.3 Å². The maximum atomic E-state index is 11.3. The third-order valence-corrected chi connectivity index (χ3v) is 4.46. The lowest BCUT2D eigenvalue weighted by Gasteiger charge is -2.14. The van der Waals surface area contributed by atoms with Gasteiger partial charge in [0, 0.05) is 15.9 Å². The van der Waals surface area contributed by atoms with Gasteiger partial charge in [0.2, 0.25) is 0 Å². The highest BCUT2D eigenvalue weighted by molar-refractivity contribution is 9.10. The molecule has 0 bridgehead atoms. The van der Waals surface area contributed by atoms with E-state index in [-0.39, 0.29) is 0 Å². The number of carboxylic acid groups (broad SMARTS) is 1. The molecule has 94 valence electrons. The Labute approximate surface area is 118 Å². The van der Waals surface area contributed by atoms with Crippen LogP contribution in [-0.4, -0.2) is 11.1 Å². The third kappa shape index (κ3) is 3.19. The summed E-state index contributed by atoms with van der Waals surface area (Å²) in [6.45, 7) is 0.532. The Morgan fingerprint density at radius 3 is 2.61 bits per heavy atom. The lowest BCUT2D eigenvalue weighted by molar-refractivity contribution is -0.139. The second kappa shape index (κ2) is 6.13. The number of nitrogens with one attached hydrogen (secondary N) is 1. The second-order valence-corrected chi connectivity index (χ2v) is 5.61. The van der Waals surface area contributed by atoms with E-state index < -0.39 is 12.0 Å². The number of carbonyl (C=O) groups is 1. The molecule has 0 aliphatic rings. The predicted octanol–water partition coefficient (Wildman–Crippen LogP) is 3.43. The molecule has 3 nitrogen and oxygen atoms in total. The van der Waals surface area contributed by atoms with Crippen LogP contribution in [0.3, 0.4) is 0 Å². The van der Waals surface area contributed by atoms with Gasteiger partial charge >= 0.3 is 5.97 Å². The van der Waals surface area contributed by atoms with E-state index in [9.17, 15) is 9.90 Å². The van der Waals surface area contributed by atoms with Crippen molar-refractivity contribution in [3.8, 4) is 0 Å². The van der Waals surface area contributed by atoms with Gasteiger partial charge < -0.3 is 5.11 Å². The van der Waals surface area contributed by atoms with Gasteiger partial charge in [0.25, 0.3) is 0 Å². The van der Waals surface area contributed by atoms with Crippen molar-refractivity contribution < 1.29 is 9.90 Å². The molecule has 1 atom stereocenters. The van der Waals surface area contributed by atoms with Crippen LogP contribution < -0.4 is 5.32 Å². The average Bonchev–Trinajstić information content (AvgIpc) is 2.76. The summed E-state index contributed by atoms with van der Waals surface area (Å²) < 4.78 is 1.01. The second-order valence-electron chi connectivity index (χ2n) is 3.75. The van der Waals surface area contributed by atoms with Gasteiger partial charge in [0.15, 0.2) is 0 Å². The smallest absolute Gasteiger partial charge is 0.325 e. The fourth-order valence-electron chi connectivity index (χ4n) is 1.64. The Kier molecular flexibility index (Phi) is 4.52. The lowest BCUT2D eigenvalue weighted by atomic mass is 10.1. The monoisotopic (exact) mass is 325 g/mol. The zero-order chi connectivity index (χ0) is 13.0. The Bertz CT molecular complexity index is 527. The Hall–Kier alpha value is -1.17. The normalized spacial score (nSPS) is 12.3. The van der Waals surface area contributed by atoms with Gasteiger partial charge in [0.1, 0.15) is 6.04 Å². The number of benzene rings is 1. The van der Waals surface area contributed by atoms with Gasteiger partial charge in [-0.3, -0.25) is 10.1 Å². The molecule has 0 fully saturated rings. The minimum Gasteiger partial charge on any atom is -0.480 e. The standard InChI is InChI=1S/C13H12BrNO2S/c14-10-6-7-18-11(10)8-15-12(13(16)17)9-4-2-1-3-5-9/h1-7,12,15H,8H2,(H,16,17). The SMILES string of the molecule is O=C(O)C(NCc1sccc1Br)c1ccccc1. The Morgan fingerprint density at radius 1 is 1.33 bits per heavy atom. The van der Waals surface area contributed by atoms with Crippen molar-refractivity contribution in [2.24, 2.45) is 0 Å². The summed E-state index contributed by atoms with van der Waals surface area (Å²) >= 11 is 5.03. The van der Waals surface area contributed by atoms with Gasteiger partial charge in [0.05, 0.1) is 0 Å². The summed E-state index contributed by atoms with van der Waals surface area (Å²) in [7, 11) is 0. The van der Waals surface area contributed by atoms with Crippen LogP contribution in [0, 0.1) is 0 Å². The zero-order valence-corrected chi connectivity index (χ0v) is 11.9. The Morgan fingerprint density at radius 2 is 2.06 bits per heavy atom. The highest BCUT2D eigenvalue weighted by Gasteiger charge is 2.19. The fourth-order valence-corrected chi connectivity index (χ4v) is 3.08. The molecule has 1 heterocycles. The molecule has 0 aliphatic heterocycles. The van der Waals surface area contributed by atoms with E-state index in [0.717, 1.165) is 14.9 Å². The molecule has 18 heavy (non-hydrogen) atoms. The fraction of sp³-hybridized carbons (Fsp3) is 0.154. The van der Waals surface area contributed by atoms with E-state index in [4.69, 9.17) is 0 Å². The molecule has 2 N–H and O–H groups in total. The van der Waals surface area contributed by atoms with Crippen LogP contribution in [0.5, 0.6) is 0 Å². The van der Waals surface area contributed by atoms with Crippen molar-refractivity contribution in [2.75, 3.05) is 0 Å².